The number of amides is 1. The van der Waals surface area contributed by atoms with Crippen LogP contribution < -0.4 is 5.32 Å². The number of nitrogens with one attached hydrogen (secondary N) is 1. The molecule has 1 aliphatic rings. The predicted octanol–water partition coefficient (Wildman–Crippen LogP) is 0.170. The molecule has 1 unspecified atom stereocenters. The summed E-state index contributed by atoms with van der Waals surface area (Å²) in [6.45, 7) is 0.456. The van der Waals surface area contributed by atoms with Crippen molar-refractivity contribution in [2.75, 3.05) is 32.1 Å². The van der Waals surface area contributed by atoms with E-state index in [1.165, 1.54) is 5.75 Å². The number of carbonyl (C=O) groups excluding carboxylic acids is 1. The van der Waals surface area contributed by atoms with Gasteiger partial charge in [0.1, 0.15) is 0 Å². The van der Waals surface area contributed by atoms with Gasteiger partial charge in [-0.2, -0.15) is 11.8 Å². The lowest BCUT2D eigenvalue weighted by molar-refractivity contribution is -0.130. The van der Waals surface area contributed by atoms with E-state index in [-0.39, 0.29) is 5.91 Å². The summed E-state index contributed by atoms with van der Waals surface area (Å²) in [5.74, 6) is 2.50. The Morgan fingerprint density at radius 1 is 1.75 bits per heavy atom. The molecule has 1 saturated heterocycles. The number of likely N-dealkylation sites (N-methyl/N-ethyl adjacent to an activating group) is 2. The fourth-order valence-corrected chi connectivity index (χ4v) is 2.57. The van der Waals surface area contributed by atoms with Crippen molar-refractivity contribution in [3.8, 4) is 0 Å². The van der Waals surface area contributed by atoms with Gasteiger partial charge in [0.2, 0.25) is 5.91 Å². The molecule has 0 aliphatic carbocycles. The Morgan fingerprint density at radius 3 is 3.00 bits per heavy atom. The fourth-order valence-electron chi connectivity index (χ4n) is 1.31. The first kappa shape index (κ1) is 9.86. The lowest BCUT2D eigenvalue weighted by Gasteiger charge is -2.23. The van der Waals surface area contributed by atoms with Gasteiger partial charge in [0.05, 0.1) is 6.54 Å². The Hall–Kier alpha value is -0.220. The highest BCUT2D eigenvalue weighted by atomic mass is 32.2. The topological polar surface area (TPSA) is 32.3 Å². The predicted molar refractivity (Wildman–Crippen MR) is 52.4 cm³/mol. The van der Waals surface area contributed by atoms with Crippen molar-refractivity contribution < 1.29 is 4.79 Å². The van der Waals surface area contributed by atoms with Gasteiger partial charge >= 0.3 is 0 Å². The van der Waals surface area contributed by atoms with E-state index in [1.54, 1.807) is 7.05 Å². The van der Waals surface area contributed by atoms with E-state index >= 15 is 0 Å². The molecule has 0 bridgehead atoms. The van der Waals surface area contributed by atoms with Crippen molar-refractivity contribution in [1.82, 2.24) is 10.2 Å². The zero-order valence-corrected chi connectivity index (χ0v) is 8.49. The molecule has 1 heterocycles. The third-order valence-electron chi connectivity index (χ3n) is 2.17. The molecule has 1 fully saturated rings. The summed E-state index contributed by atoms with van der Waals surface area (Å²) in [4.78, 5) is 13.3. The van der Waals surface area contributed by atoms with Crippen LogP contribution in [0.25, 0.3) is 0 Å². The minimum Gasteiger partial charge on any atom is -0.341 e. The summed E-state index contributed by atoms with van der Waals surface area (Å²) < 4.78 is 0. The second-order valence-corrected chi connectivity index (χ2v) is 4.20. The quantitative estimate of drug-likeness (QED) is 0.685. The van der Waals surface area contributed by atoms with Gasteiger partial charge < -0.3 is 10.2 Å². The lowest BCUT2D eigenvalue weighted by atomic mass is 10.2. The standard InChI is InChI=1S/C8H16N2OS/c1-9-5-8(11)10(2)7-3-4-12-6-7/h7,9H,3-6H2,1-2H3. The molecule has 0 saturated carbocycles. The molecule has 0 radical (unpaired) electrons. The minimum atomic E-state index is 0.199. The van der Waals surface area contributed by atoms with E-state index in [0.717, 1.165) is 12.2 Å². The van der Waals surface area contributed by atoms with Gasteiger partial charge in [-0.25, -0.2) is 0 Å². The van der Waals surface area contributed by atoms with E-state index in [9.17, 15) is 4.79 Å². The van der Waals surface area contributed by atoms with E-state index in [1.807, 2.05) is 23.7 Å². The number of nitrogens with zero attached hydrogens (tertiary/aromatic N) is 1. The highest BCUT2D eigenvalue weighted by molar-refractivity contribution is 7.99. The first-order valence-electron chi connectivity index (χ1n) is 4.23. The van der Waals surface area contributed by atoms with Crippen molar-refractivity contribution in [2.45, 2.75) is 12.5 Å². The average molecular weight is 188 g/mol. The Balaban J connectivity index is 2.34. The second-order valence-electron chi connectivity index (χ2n) is 3.05. The van der Waals surface area contributed by atoms with Crippen LogP contribution in [-0.2, 0) is 4.79 Å². The van der Waals surface area contributed by atoms with Crippen molar-refractivity contribution in [3.63, 3.8) is 0 Å². The van der Waals surface area contributed by atoms with E-state index in [2.05, 4.69) is 5.32 Å². The third-order valence-corrected chi connectivity index (χ3v) is 3.32. The van der Waals surface area contributed by atoms with Crippen LogP contribution in [0.2, 0.25) is 0 Å². The molecule has 0 aromatic rings. The van der Waals surface area contributed by atoms with Crippen LogP contribution in [0.15, 0.2) is 0 Å². The Labute approximate surface area is 77.9 Å². The SMILES string of the molecule is CNCC(=O)N(C)C1CCSC1. The molecule has 1 aliphatic heterocycles. The maximum Gasteiger partial charge on any atom is 0.236 e. The molecule has 0 aromatic heterocycles. The first-order valence-corrected chi connectivity index (χ1v) is 5.39. The smallest absolute Gasteiger partial charge is 0.236 e. The summed E-state index contributed by atoms with van der Waals surface area (Å²) in [5, 5.41) is 2.87. The molecule has 12 heavy (non-hydrogen) atoms. The highest BCUT2D eigenvalue weighted by Gasteiger charge is 2.22. The largest absolute Gasteiger partial charge is 0.341 e. The van der Waals surface area contributed by atoms with Gasteiger partial charge in [-0.1, -0.05) is 0 Å². The zero-order valence-electron chi connectivity index (χ0n) is 7.67. The van der Waals surface area contributed by atoms with Gasteiger partial charge in [0, 0.05) is 18.8 Å². The van der Waals surface area contributed by atoms with Crippen LogP contribution >= 0.6 is 11.8 Å². The molecule has 0 aromatic carbocycles. The van der Waals surface area contributed by atoms with Gasteiger partial charge in [0.15, 0.2) is 0 Å². The molecule has 1 atom stereocenters. The average Bonchev–Trinajstić information content (AvgIpc) is 2.55. The molecule has 3 nitrogen and oxygen atoms in total. The normalized spacial score (nSPS) is 22.7. The highest BCUT2D eigenvalue weighted by Crippen LogP contribution is 2.21. The Morgan fingerprint density at radius 2 is 2.50 bits per heavy atom. The molecule has 1 rings (SSSR count). The maximum atomic E-state index is 11.4. The molecular weight excluding hydrogens is 172 g/mol. The minimum absolute atomic E-state index is 0.199. The number of hydrogen-bond donors (Lipinski definition) is 1. The lowest BCUT2D eigenvalue weighted by Crippen LogP contribution is -2.41. The maximum absolute atomic E-state index is 11.4. The van der Waals surface area contributed by atoms with E-state index in [4.69, 9.17) is 0 Å². The zero-order chi connectivity index (χ0) is 8.97. The molecule has 4 heteroatoms. The molecule has 1 N–H and O–H groups in total. The van der Waals surface area contributed by atoms with Gasteiger partial charge in [-0.05, 0) is 19.2 Å². The van der Waals surface area contributed by atoms with Crippen molar-refractivity contribution in [2.24, 2.45) is 0 Å². The summed E-state index contributed by atoms with van der Waals surface area (Å²) in [7, 11) is 3.70. The Kier molecular flexibility index (Phi) is 3.88. The first-order chi connectivity index (χ1) is 5.75. The third kappa shape index (κ3) is 2.38. The summed E-state index contributed by atoms with van der Waals surface area (Å²) >= 11 is 1.93. The second kappa shape index (κ2) is 4.72. The monoisotopic (exact) mass is 188 g/mol. The van der Waals surface area contributed by atoms with Crippen LogP contribution in [-0.4, -0.2) is 49.0 Å². The van der Waals surface area contributed by atoms with Crippen LogP contribution in [0.1, 0.15) is 6.42 Å². The van der Waals surface area contributed by atoms with Crippen LogP contribution in [0, 0.1) is 0 Å². The van der Waals surface area contributed by atoms with Gasteiger partial charge in [-0.15, -0.1) is 0 Å². The summed E-state index contributed by atoms with van der Waals surface area (Å²) in [5.41, 5.74) is 0. The number of hydrogen-bond acceptors (Lipinski definition) is 3. The van der Waals surface area contributed by atoms with Crippen molar-refractivity contribution in [3.05, 3.63) is 0 Å². The molecule has 1 amide bonds. The summed E-state index contributed by atoms with van der Waals surface area (Å²) in [6.07, 6.45) is 1.15. The van der Waals surface area contributed by atoms with E-state index < -0.39 is 0 Å². The Bertz CT molecular complexity index is 157. The van der Waals surface area contributed by atoms with Crippen LogP contribution in [0.3, 0.4) is 0 Å². The van der Waals surface area contributed by atoms with Gasteiger partial charge in [-0.3, -0.25) is 4.79 Å². The number of thioether (sulfide) groups is 1. The van der Waals surface area contributed by atoms with Crippen LogP contribution in [0.4, 0.5) is 0 Å². The number of carbonyl (C=O) groups is 1. The summed E-state index contributed by atoms with van der Waals surface area (Å²) in [6, 6.07) is 0.468. The van der Waals surface area contributed by atoms with E-state index in [0.29, 0.717) is 12.6 Å². The number of rotatable bonds is 3. The van der Waals surface area contributed by atoms with Crippen molar-refractivity contribution in [1.29, 1.82) is 0 Å². The molecule has 70 valence electrons. The van der Waals surface area contributed by atoms with Crippen LogP contribution in [0.5, 0.6) is 0 Å². The molecular formula is C8H16N2OS. The molecule has 0 spiro atoms. The van der Waals surface area contributed by atoms with Crippen molar-refractivity contribution >= 4 is 17.7 Å². The van der Waals surface area contributed by atoms with Gasteiger partial charge in [0.25, 0.3) is 0 Å². The fraction of sp³-hybridized carbons (Fsp3) is 0.875.